The molecule has 1 unspecified atom stereocenters. The number of benzene rings is 1. The van der Waals surface area contributed by atoms with Gasteiger partial charge < -0.3 is 5.32 Å². The zero-order chi connectivity index (χ0) is 13.1. The molecule has 0 saturated carbocycles. The molecular formula is C11H10ClN3O2S. The van der Waals surface area contributed by atoms with Crippen molar-refractivity contribution >= 4 is 33.1 Å². The number of hydrogen-bond acceptors (Lipinski definition) is 5. The Morgan fingerprint density at radius 3 is 2.83 bits per heavy atom. The minimum Gasteiger partial charge on any atom is -0.355 e. The number of aromatic nitrogens is 1. The number of hydrogen-bond donors (Lipinski definition) is 1. The lowest BCUT2D eigenvalue weighted by molar-refractivity contribution is -0.380. The molecule has 0 radical (unpaired) electrons. The zero-order valence-electron chi connectivity index (χ0n) is 9.46. The molecule has 5 nitrogen and oxygen atoms in total. The van der Waals surface area contributed by atoms with E-state index in [9.17, 15) is 10.1 Å². The second-order valence-electron chi connectivity index (χ2n) is 3.65. The number of nitrogens with one attached hydrogen (secondary N) is 1. The second kappa shape index (κ2) is 5.32. The summed E-state index contributed by atoms with van der Waals surface area (Å²) in [6.45, 7) is 1.93. The van der Waals surface area contributed by atoms with Gasteiger partial charge in [0, 0.05) is 5.02 Å². The minimum atomic E-state index is -0.455. The van der Waals surface area contributed by atoms with Crippen LogP contribution in [-0.4, -0.2) is 9.91 Å². The van der Waals surface area contributed by atoms with Crippen molar-refractivity contribution in [3.63, 3.8) is 0 Å². The van der Waals surface area contributed by atoms with Gasteiger partial charge in [-0.05, 0) is 29.9 Å². The molecule has 0 fully saturated rings. The Balaban J connectivity index is 2.13. The molecule has 2 aromatic rings. The first-order valence-electron chi connectivity index (χ1n) is 5.19. The van der Waals surface area contributed by atoms with Crippen LogP contribution < -0.4 is 5.32 Å². The van der Waals surface area contributed by atoms with Gasteiger partial charge in [-0.1, -0.05) is 29.8 Å². The van der Waals surface area contributed by atoms with Gasteiger partial charge in [0.1, 0.15) is 6.20 Å². The Morgan fingerprint density at radius 2 is 2.22 bits per heavy atom. The van der Waals surface area contributed by atoms with Gasteiger partial charge in [0.2, 0.25) is 0 Å². The van der Waals surface area contributed by atoms with Crippen molar-refractivity contribution in [1.29, 1.82) is 0 Å². The normalized spacial score (nSPS) is 12.1. The van der Waals surface area contributed by atoms with E-state index in [-0.39, 0.29) is 11.0 Å². The van der Waals surface area contributed by atoms with E-state index in [1.807, 2.05) is 25.1 Å². The molecule has 0 aliphatic rings. The minimum absolute atomic E-state index is 0.0175. The summed E-state index contributed by atoms with van der Waals surface area (Å²) >= 11 is 7.08. The van der Waals surface area contributed by atoms with Crippen molar-refractivity contribution in [3.8, 4) is 0 Å². The Labute approximate surface area is 113 Å². The molecule has 18 heavy (non-hydrogen) atoms. The summed E-state index contributed by atoms with van der Waals surface area (Å²) in [5.74, 6) is 0. The van der Waals surface area contributed by atoms with E-state index in [2.05, 4.69) is 10.3 Å². The van der Waals surface area contributed by atoms with Gasteiger partial charge in [-0.3, -0.25) is 10.1 Å². The van der Waals surface area contributed by atoms with Crippen LogP contribution in [0.2, 0.25) is 5.02 Å². The predicted molar refractivity (Wildman–Crippen MR) is 72.3 cm³/mol. The molecule has 1 aromatic heterocycles. The topological polar surface area (TPSA) is 68.1 Å². The highest BCUT2D eigenvalue weighted by Crippen LogP contribution is 2.30. The molecule has 2 rings (SSSR count). The molecule has 0 amide bonds. The molecule has 0 aliphatic carbocycles. The number of thiazole rings is 1. The third kappa shape index (κ3) is 2.77. The first-order valence-corrected chi connectivity index (χ1v) is 6.38. The summed E-state index contributed by atoms with van der Waals surface area (Å²) in [5, 5.41) is 14.8. The van der Waals surface area contributed by atoms with Crippen molar-refractivity contribution in [1.82, 2.24) is 4.98 Å². The maximum Gasteiger partial charge on any atom is 0.345 e. The highest BCUT2D eigenvalue weighted by molar-refractivity contribution is 7.18. The van der Waals surface area contributed by atoms with Gasteiger partial charge in [-0.2, -0.15) is 0 Å². The van der Waals surface area contributed by atoms with E-state index in [4.69, 9.17) is 11.6 Å². The van der Waals surface area contributed by atoms with Gasteiger partial charge in [-0.25, -0.2) is 4.98 Å². The molecule has 7 heteroatoms. The summed E-state index contributed by atoms with van der Waals surface area (Å²) in [7, 11) is 0. The monoisotopic (exact) mass is 283 g/mol. The molecule has 1 aromatic carbocycles. The Morgan fingerprint density at radius 1 is 1.50 bits per heavy atom. The molecule has 1 heterocycles. The van der Waals surface area contributed by atoms with Crippen molar-refractivity contribution in [2.45, 2.75) is 13.0 Å². The Bertz CT molecular complexity index is 573. The van der Waals surface area contributed by atoms with Gasteiger partial charge in [0.05, 0.1) is 11.0 Å². The van der Waals surface area contributed by atoms with E-state index in [1.54, 1.807) is 6.07 Å². The molecule has 0 bridgehead atoms. The highest BCUT2D eigenvalue weighted by Gasteiger charge is 2.14. The Kier molecular flexibility index (Phi) is 3.78. The standard InChI is InChI=1S/C11H10ClN3O2S/c1-7(8-4-2-3-5-9(8)12)14-11-13-6-10(18-11)15(16)17/h2-7H,1H3,(H,13,14). The number of anilines is 1. The fraction of sp³-hybridized carbons (Fsp3) is 0.182. The van der Waals surface area contributed by atoms with Gasteiger partial charge in [-0.15, -0.1) is 0 Å². The molecule has 0 spiro atoms. The van der Waals surface area contributed by atoms with Gasteiger partial charge in [0.15, 0.2) is 5.13 Å². The molecule has 0 saturated heterocycles. The van der Waals surface area contributed by atoms with Crippen molar-refractivity contribution in [2.24, 2.45) is 0 Å². The average Bonchev–Trinajstić information content (AvgIpc) is 2.78. The van der Waals surface area contributed by atoms with E-state index in [0.717, 1.165) is 16.9 Å². The largest absolute Gasteiger partial charge is 0.355 e. The van der Waals surface area contributed by atoms with Crippen molar-refractivity contribution in [2.75, 3.05) is 5.32 Å². The predicted octanol–water partition coefficient (Wildman–Crippen LogP) is 3.88. The zero-order valence-corrected chi connectivity index (χ0v) is 11.0. The van der Waals surface area contributed by atoms with Crippen molar-refractivity contribution in [3.05, 3.63) is 51.2 Å². The first-order chi connectivity index (χ1) is 8.58. The molecular weight excluding hydrogens is 274 g/mol. The van der Waals surface area contributed by atoms with Crippen LogP contribution in [0.25, 0.3) is 0 Å². The summed E-state index contributed by atoms with van der Waals surface area (Å²) < 4.78 is 0. The highest BCUT2D eigenvalue weighted by atomic mass is 35.5. The SMILES string of the molecule is CC(Nc1ncc([N+](=O)[O-])s1)c1ccccc1Cl. The average molecular weight is 284 g/mol. The van der Waals surface area contributed by atoms with Gasteiger partial charge >= 0.3 is 5.00 Å². The lowest BCUT2D eigenvalue weighted by Crippen LogP contribution is -2.06. The Hall–Kier alpha value is -1.66. The summed E-state index contributed by atoms with van der Waals surface area (Å²) in [6, 6.07) is 7.39. The van der Waals surface area contributed by atoms with Gasteiger partial charge in [0.25, 0.3) is 0 Å². The van der Waals surface area contributed by atoms with E-state index in [0.29, 0.717) is 10.2 Å². The number of nitrogens with zero attached hydrogens (tertiary/aromatic N) is 2. The van der Waals surface area contributed by atoms with Crippen LogP contribution in [0.15, 0.2) is 30.5 Å². The molecule has 1 N–H and O–H groups in total. The number of nitro groups is 1. The van der Waals surface area contributed by atoms with Crippen LogP contribution in [-0.2, 0) is 0 Å². The first kappa shape index (κ1) is 12.8. The van der Waals surface area contributed by atoms with Crippen LogP contribution in [0.4, 0.5) is 10.1 Å². The van der Waals surface area contributed by atoms with Crippen molar-refractivity contribution < 1.29 is 4.92 Å². The van der Waals surface area contributed by atoms with Crippen LogP contribution in [0.3, 0.4) is 0 Å². The fourth-order valence-electron chi connectivity index (χ4n) is 1.51. The van der Waals surface area contributed by atoms with Crippen LogP contribution >= 0.6 is 22.9 Å². The maximum absolute atomic E-state index is 10.6. The quantitative estimate of drug-likeness (QED) is 0.683. The maximum atomic E-state index is 10.6. The number of rotatable bonds is 4. The lowest BCUT2D eigenvalue weighted by Gasteiger charge is -2.14. The summed E-state index contributed by atoms with van der Waals surface area (Å²) in [5.41, 5.74) is 0.928. The van der Waals surface area contributed by atoms with Crippen LogP contribution in [0, 0.1) is 10.1 Å². The summed E-state index contributed by atoms with van der Waals surface area (Å²) in [6.07, 6.45) is 1.24. The third-order valence-corrected chi connectivity index (χ3v) is 3.61. The second-order valence-corrected chi connectivity index (χ2v) is 5.06. The molecule has 0 aliphatic heterocycles. The van der Waals surface area contributed by atoms with E-state index in [1.165, 1.54) is 6.20 Å². The van der Waals surface area contributed by atoms with E-state index >= 15 is 0 Å². The summed E-state index contributed by atoms with van der Waals surface area (Å²) in [4.78, 5) is 14.1. The molecule has 94 valence electrons. The van der Waals surface area contributed by atoms with Crippen LogP contribution in [0.5, 0.6) is 0 Å². The third-order valence-electron chi connectivity index (χ3n) is 2.39. The smallest absolute Gasteiger partial charge is 0.345 e. The fourth-order valence-corrected chi connectivity index (χ4v) is 2.52. The number of halogens is 1. The van der Waals surface area contributed by atoms with Crippen LogP contribution in [0.1, 0.15) is 18.5 Å². The lowest BCUT2D eigenvalue weighted by atomic mass is 10.1. The van der Waals surface area contributed by atoms with E-state index < -0.39 is 4.92 Å². The molecule has 1 atom stereocenters.